The zero-order chi connectivity index (χ0) is 12.2. The fourth-order valence-electron chi connectivity index (χ4n) is 1.76. The molecule has 0 rings (SSSR count). The molecule has 0 aliphatic heterocycles. The Morgan fingerprint density at radius 3 is 1.56 bits per heavy atom. The fraction of sp³-hybridized carbons (Fsp3) is 0.923. The molecule has 5 heteroatoms. The van der Waals surface area contributed by atoms with E-state index < -0.39 is 0 Å². The third-order valence-corrected chi connectivity index (χ3v) is 3.37. The molecule has 0 unspecified atom stereocenters. The molecule has 0 heterocycles. The number of unbranched alkanes of at least 4 members (excludes halogenated alkanes) is 6. The zero-order valence-corrected chi connectivity index (χ0v) is 15.5. The number of rotatable bonds is 10. The summed E-state index contributed by atoms with van der Waals surface area (Å²) in [6.45, 7) is 6.67. The quantitative estimate of drug-likeness (QED) is 0.273. The topological polar surface area (TPSA) is 34.7 Å². The van der Waals surface area contributed by atoms with Gasteiger partial charge in [0, 0.05) is 34.2 Å². The molecule has 2 N–H and O–H groups in total. The van der Waals surface area contributed by atoms with Crippen molar-refractivity contribution in [2.75, 3.05) is 13.1 Å². The Morgan fingerprint density at radius 1 is 0.889 bits per heavy atom. The van der Waals surface area contributed by atoms with Gasteiger partial charge in [0.25, 0.3) is 0 Å². The Kier molecular flexibility index (Phi) is 23.8. The largest absolute Gasteiger partial charge is 0.412 e. The van der Waals surface area contributed by atoms with E-state index in [1.807, 2.05) is 0 Å². The van der Waals surface area contributed by atoms with Gasteiger partial charge in [-0.3, -0.25) is 0 Å². The maximum Gasteiger partial charge on any atom is 0.133 e. The summed E-state index contributed by atoms with van der Waals surface area (Å²) in [6.07, 6.45) is 10.4. The average Bonchev–Trinajstić information content (AvgIpc) is 2.26. The number of hydrogen-bond acceptors (Lipinski definition) is 1. The second-order valence-electron chi connectivity index (χ2n) is 4.39. The van der Waals surface area contributed by atoms with Gasteiger partial charge in [0.1, 0.15) is 4.32 Å². The van der Waals surface area contributed by atoms with Crippen molar-refractivity contribution in [3.8, 4) is 0 Å². The van der Waals surface area contributed by atoms with Crippen LogP contribution in [0.15, 0.2) is 0 Å². The van der Waals surface area contributed by atoms with Crippen LogP contribution in [0.25, 0.3) is 0 Å². The molecule has 0 fully saturated rings. The van der Waals surface area contributed by atoms with Crippen LogP contribution in [0.1, 0.15) is 65.2 Å². The summed E-state index contributed by atoms with van der Waals surface area (Å²) in [4.78, 5) is 2.25. The standard InChI is InChI=1S/C13H27NS2.Mo.H2O/c1-3-5-7-9-11-14(13(15)16)12-10-8-6-4-2;;/h3-12H2,1-2H3,(H,15,16);;1H2. The summed E-state index contributed by atoms with van der Waals surface area (Å²) in [7, 11) is 0. The van der Waals surface area contributed by atoms with Gasteiger partial charge in [-0.2, -0.15) is 0 Å². The van der Waals surface area contributed by atoms with Crippen LogP contribution in [-0.4, -0.2) is 27.8 Å². The van der Waals surface area contributed by atoms with Crippen molar-refractivity contribution in [3.05, 3.63) is 0 Å². The van der Waals surface area contributed by atoms with Gasteiger partial charge in [-0.1, -0.05) is 64.6 Å². The van der Waals surface area contributed by atoms with E-state index in [1.165, 1.54) is 51.4 Å². The summed E-state index contributed by atoms with van der Waals surface area (Å²) in [5.41, 5.74) is 0. The van der Waals surface area contributed by atoms with Crippen molar-refractivity contribution >= 4 is 29.2 Å². The van der Waals surface area contributed by atoms with E-state index in [9.17, 15) is 0 Å². The number of hydrogen-bond donors (Lipinski definition) is 1. The van der Waals surface area contributed by atoms with Gasteiger partial charge >= 0.3 is 0 Å². The molecule has 0 spiro atoms. The molecule has 0 amide bonds. The molecule has 0 atom stereocenters. The summed E-state index contributed by atoms with van der Waals surface area (Å²) >= 11 is 9.46. The van der Waals surface area contributed by atoms with Crippen LogP contribution in [0.4, 0.5) is 0 Å². The number of nitrogens with zero attached hydrogens (tertiary/aromatic N) is 1. The van der Waals surface area contributed by atoms with Crippen LogP contribution in [0, 0.1) is 0 Å². The van der Waals surface area contributed by atoms with Gasteiger partial charge in [0.15, 0.2) is 0 Å². The Labute approximate surface area is 138 Å². The van der Waals surface area contributed by atoms with Crippen molar-refractivity contribution < 1.29 is 26.5 Å². The molecule has 0 radical (unpaired) electrons. The molecule has 2 nitrogen and oxygen atoms in total. The first-order valence-electron chi connectivity index (χ1n) is 6.70. The number of thiocarbonyl (C=S) groups is 1. The van der Waals surface area contributed by atoms with Gasteiger partial charge in [-0.25, -0.2) is 0 Å². The van der Waals surface area contributed by atoms with Crippen LogP contribution in [-0.2, 0) is 21.1 Å². The molecule has 0 aromatic carbocycles. The maximum atomic E-state index is 5.16. The van der Waals surface area contributed by atoms with E-state index >= 15 is 0 Å². The smallest absolute Gasteiger partial charge is 0.133 e. The van der Waals surface area contributed by atoms with Gasteiger partial charge < -0.3 is 10.4 Å². The van der Waals surface area contributed by atoms with Crippen molar-refractivity contribution in [2.45, 2.75) is 65.2 Å². The fourth-order valence-corrected chi connectivity index (χ4v) is 2.14. The zero-order valence-electron chi connectivity index (χ0n) is 11.8. The van der Waals surface area contributed by atoms with E-state index in [4.69, 9.17) is 12.2 Å². The Balaban J connectivity index is -0.00000112. The maximum absolute atomic E-state index is 5.16. The van der Waals surface area contributed by atoms with Crippen LogP contribution < -0.4 is 0 Å². The monoisotopic (exact) mass is 377 g/mol. The first kappa shape index (κ1) is 23.9. The van der Waals surface area contributed by atoms with Crippen molar-refractivity contribution in [2.24, 2.45) is 0 Å². The minimum Gasteiger partial charge on any atom is -0.412 e. The SMILES string of the molecule is CCCCCCN(CCCCCC)C(=S)S.O.[Mo]. The molecule has 0 saturated heterocycles. The van der Waals surface area contributed by atoms with Gasteiger partial charge in [0.05, 0.1) is 0 Å². The predicted octanol–water partition coefficient (Wildman–Crippen LogP) is 3.84. The summed E-state index contributed by atoms with van der Waals surface area (Å²) in [5.74, 6) is 0. The van der Waals surface area contributed by atoms with Crippen LogP contribution in [0.5, 0.6) is 0 Å². The van der Waals surface area contributed by atoms with E-state index in [1.54, 1.807) is 0 Å². The third-order valence-electron chi connectivity index (χ3n) is 2.83. The molecule has 0 aromatic heterocycles. The molecule has 0 bridgehead atoms. The van der Waals surface area contributed by atoms with Crippen molar-refractivity contribution in [3.63, 3.8) is 0 Å². The Bertz CT molecular complexity index is 170. The second-order valence-corrected chi connectivity index (χ2v) is 5.50. The van der Waals surface area contributed by atoms with Crippen molar-refractivity contribution in [1.29, 1.82) is 0 Å². The summed E-state index contributed by atoms with van der Waals surface area (Å²) in [5, 5.41) is 0. The molecular weight excluding hydrogens is 346 g/mol. The van der Waals surface area contributed by atoms with E-state index in [0.717, 1.165) is 17.4 Å². The first-order chi connectivity index (χ1) is 7.72. The molecule has 0 aliphatic carbocycles. The third kappa shape index (κ3) is 14.9. The van der Waals surface area contributed by atoms with Crippen LogP contribution in [0.2, 0.25) is 0 Å². The minimum absolute atomic E-state index is 0. The van der Waals surface area contributed by atoms with Gasteiger partial charge in [-0.15, -0.1) is 12.6 Å². The summed E-state index contributed by atoms with van der Waals surface area (Å²) in [6, 6.07) is 0. The van der Waals surface area contributed by atoms with Crippen LogP contribution >= 0.6 is 24.8 Å². The molecule has 0 saturated carbocycles. The van der Waals surface area contributed by atoms with Crippen molar-refractivity contribution in [1.82, 2.24) is 4.90 Å². The van der Waals surface area contributed by atoms with Gasteiger partial charge in [-0.05, 0) is 12.8 Å². The van der Waals surface area contributed by atoms with E-state index in [-0.39, 0.29) is 26.5 Å². The summed E-state index contributed by atoms with van der Waals surface area (Å²) < 4.78 is 0.771. The molecule has 110 valence electrons. The number of thiol groups is 1. The Hall–Kier alpha value is 0.888. The first-order valence-corrected chi connectivity index (χ1v) is 7.55. The normalized spacial score (nSPS) is 9.28. The molecule has 0 aliphatic rings. The Morgan fingerprint density at radius 2 is 1.28 bits per heavy atom. The molecule has 0 aromatic rings. The van der Waals surface area contributed by atoms with Gasteiger partial charge in [0.2, 0.25) is 0 Å². The predicted molar refractivity (Wildman–Crippen MR) is 85.1 cm³/mol. The van der Waals surface area contributed by atoms with E-state index in [2.05, 4.69) is 31.4 Å². The second kappa shape index (κ2) is 17.9. The molecule has 18 heavy (non-hydrogen) atoms. The van der Waals surface area contributed by atoms with Crippen LogP contribution in [0.3, 0.4) is 0 Å². The minimum atomic E-state index is 0. The van der Waals surface area contributed by atoms with E-state index in [0.29, 0.717) is 0 Å². The molecular formula is C13H29MoNOS2. The average molecular weight is 375 g/mol.